The van der Waals surface area contributed by atoms with Crippen LogP contribution in [0.15, 0.2) is 59.2 Å². The van der Waals surface area contributed by atoms with Gasteiger partial charge >= 0.3 is 5.69 Å². The first-order valence-electron chi connectivity index (χ1n) is 9.48. The number of allylic oxidation sites excluding steroid dienone is 1. The van der Waals surface area contributed by atoms with Gasteiger partial charge in [-0.05, 0) is 30.0 Å². The van der Waals surface area contributed by atoms with Gasteiger partial charge in [0.25, 0.3) is 5.69 Å². The average Bonchev–Trinajstić information content (AvgIpc) is 2.71. The molecular weight excluding hydrogens is 372 g/mol. The van der Waals surface area contributed by atoms with E-state index in [1.165, 1.54) is 18.6 Å². The van der Waals surface area contributed by atoms with Crippen molar-refractivity contribution in [2.24, 2.45) is 5.10 Å². The van der Waals surface area contributed by atoms with E-state index in [2.05, 4.69) is 17.5 Å². The lowest BCUT2D eigenvalue weighted by molar-refractivity contribution is -0.393. The molecule has 2 aromatic rings. The van der Waals surface area contributed by atoms with E-state index < -0.39 is 15.5 Å². The van der Waals surface area contributed by atoms with Crippen LogP contribution in [-0.2, 0) is 0 Å². The molecule has 0 saturated heterocycles. The van der Waals surface area contributed by atoms with Gasteiger partial charge < -0.3 is 0 Å². The monoisotopic (exact) mass is 396 g/mol. The van der Waals surface area contributed by atoms with Crippen LogP contribution in [0.4, 0.5) is 17.1 Å². The first kappa shape index (κ1) is 21.7. The molecule has 0 atom stereocenters. The van der Waals surface area contributed by atoms with Gasteiger partial charge in [0.1, 0.15) is 5.69 Å². The van der Waals surface area contributed by atoms with Crippen LogP contribution >= 0.6 is 0 Å². The van der Waals surface area contributed by atoms with Crippen molar-refractivity contribution in [3.8, 4) is 0 Å². The van der Waals surface area contributed by atoms with E-state index in [1.54, 1.807) is 6.21 Å². The maximum atomic E-state index is 11.2. The van der Waals surface area contributed by atoms with Gasteiger partial charge in [0.15, 0.2) is 0 Å². The van der Waals surface area contributed by atoms with Crippen molar-refractivity contribution in [2.75, 3.05) is 5.43 Å². The van der Waals surface area contributed by atoms with Crippen LogP contribution in [0, 0.1) is 20.2 Å². The predicted octanol–water partition coefficient (Wildman–Crippen LogP) is 5.95. The Morgan fingerprint density at radius 1 is 1.03 bits per heavy atom. The molecule has 2 rings (SSSR count). The maximum absolute atomic E-state index is 11.2. The fraction of sp³-hybridized carbons (Fsp3) is 0.286. The Morgan fingerprint density at radius 2 is 1.79 bits per heavy atom. The number of non-ortho nitro benzene ring substituents is 1. The summed E-state index contributed by atoms with van der Waals surface area (Å²) in [5, 5.41) is 26.2. The van der Waals surface area contributed by atoms with Gasteiger partial charge in [-0.2, -0.15) is 5.10 Å². The summed E-state index contributed by atoms with van der Waals surface area (Å²) in [6.07, 6.45) is 8.97. The standard InChI is InChI=1S/C21H24N4O4/c1-2-3-4-6-11-18(14-17-9-7-5-8-10-17)16-22-23-20-13-12-19(24(26)27)15-21(20)25(28)29/h5,7-10,12-16,23H,2-4,6,11H2,1H3. The SMILES string of the molecule is CCCCCCC(C=NNc1ccc([N+](=O)[O-])cc1[N+](=O)[O-])=Cc1ccccc1. The van der Waals surface area contributed by atoms with Crippen LogP contribution in [0.5, 0.6) is 0 Å². The van der Waals surface area contributed by atoms with Gasteiger partial charge in [-0.3, -0.25) is 25.7 Å². The minimum absolute atomic E-state index is 0.0990. The number of nitro benzene ring substituents is 2. The minimum atomic E-state index is -0.670. The molecule has 0 heterocycles. The zero-order chi connectivity index (χ0) is 21.1. The number of nitrogens with zero attached hydrogens (tertiary/aromatic N) is 3. The molecule has 0 aliphatic carbocycles. The molecule has 0 fully saturated rings. The number of benzene rings is 2. The summed E-state index contributed by atoms with van der Waals surface area (Å²) >= 11 is 0. The van der Waals surface area contributed by atoms with Gasteiger partial charge in [0.05, 0.1) is 22.1 Å². The second-order valence-electron chi connectivity index (χ2n) is 6.53. The Balaban J connectivity index is 2.17. The number of nitro groups is 2. The molecule has 0 unspecified atom stereocenters. The van der Waals surface area contributed by atoms with E-state index in [4.69, 9.17) is 0 Å². The Labute approximate surface area is 169 Å². The molecule has 8 heteroatoms. The normalized spacial score (nSPS) is 11.6. The van der Waals surface area contributed by atoms with Crippen LogP contribution in [0.3, 0.4) is 0 Å². The Bertz CT molecular complexity index is 895. The fourth-order valence-corrected chi connectivity index (χ4v) is 2.76. The number of rotatable bonds is 11. The van der Waals surface area contributed by atoms with Gasteiger partial charge in [-0.1, -0.05) is 62.6 Å². The Hall–Kier alpha value is -3.55. The molecular formula is C21H24N4O4. The highest BCUT2D eigenvalue weighted by Crippen LogP contribution is 2.28. The number of unbranched alkanes of at least 4 members (excludes halogenated alkanes) is 3. The summed E-state index contributed by atoms with van der Waals surface area (Å²) < 4.78 is 0. The topological polar surface area (TPSA) is 111 Å². The van der Waals surface area contributed by atoms with E-state index in [9.17, 15) is 20.2 Å². The second-order valence-corrected chi connectivity index (χ2v) is 6.53. The molecule has 0 saturated carbocycles. The third-order valence-electron chi connectivity index (χ3n) is 4.27. The minimum Gasteiger partial charge on any atom is -0.272 e. The summed E-state index contributed by atoms with van der Waals surface area (Å²) in [6.45, 7) is 2.16. The Morgan fingerprint density at radius 3 is 2.45 bits per heavy atom. The molecule has 0 aliphatic heterocycles. The quantitative estimate of drug-likeness (QED) is 0.218. The third-order valence-corrected chi connectivity index (χ3v) is 4.27. The Kier molecular flexibility index (Phi) is 8.50. The maximum Gasteiger partial charge on any atom is 0.301 e. The first-order valence-corrected chi connectivity index (χ1v) is 9.48. The summed E-state index contributed by atoms with van der Waals surface area (Å²) in [7, 11) is 0. The molecule has 8 nitrogen and oxygen atoms in total. The lowest BCUT2D eigenvalue weighted by Crippen LogP contribution is -1.99. The molecule has 152 valence electrons. The summed E-state index contributed by atoms with van der Waals surface area (Å²) in [4.78, 5) is 20.7. The molecule has 0 spiro atoms. The zero-order valence-corrected chi connectivity index (χ0v) is 16.3. The van der Waals surface area contributed by atoms with Crippen molar-refractivity contribution in [3.05, 3.63) is 79.9 Å². The average molecular weight is 396 g/mol. The van der Waals surface area contributed by atoms with Crippen molar-refractivity contribution in [1.82, 2.24) is 0 Å². The van der Waals surface area contributed by atoms with Crippen LogP contribution in [0.25, 0.3) is 6.08 Å². The predicted molar refractivity (Wildman–Crippen MR) is 115 cm³/mol. The van der Waals surface area contributed by atoms with E-state index in [1.807, 2.05) is 36.4 Å². The number of hydrogen-bond acceptors (Lipinski definition) is 6. The van der Waals surface area contributed by atoms with Crippen LogP contribution in [-0.4, -0.2) is 16.1 Å². The number of hydrogen-bond donors (Lipinski definition) is 1. The molecule has 0 amide bonds. The molecule has 29 heavy (non-hydrogen) atoms. The highest BCUT2D eigenvalue weighted by atomic mass is 16.6. The molecule has 1 N–H and O–H groups in total. The van der Waals surface area contributed by atoms with Crippen molar-refractivity contribution < 1.29 is 9.85 Å². The van der Waals surface area contributed by atoms with Crippen LogP contribution in [0.1, 0.15) is 44.6 Å². The van der Waals surface area contributed by atoms with Crippen LogP contribution < -0.4 is 5.43 Å². The number of hydrazone groups is 1. The first-order chi connectivity index (χ1) is 14.0. The van der Waals surface area contributed by atoms with E-state index in [0.29, 0.717) is 0 Å². The van der Waals surface area contributed by atoms with Crippen molar-refractivity contribution in [3.63, 3.8) is 0 Å². The summed E-state index contributed by atoms with van der Waals surface area (Å²) in [6, 6.07) is 13.3. The molecule has 0 radical (unpaired) electrons. The lowest BCUT2D eigenvalue weighted by atomic mass is 10.0. The summed E-state index contributed by atoms with van der Waals surface area (Å²) in [5.74, 6) is 0. The molecule has 0 bridgehead atoms. The molecule has 0 aliphatic rings. The van der Waals surface area contributed by atoms with E-state index in [-0.39, 0.29) is 11.4 Å². The summed E-state index contributed by atoms with van der Waals surface area (Å²) in [5.41, 5.74) is 4.04. The van der Waals surface area contributed by atoms with Crippen LogP contribution in [0.2, 0.25) is 0 Å². The number of anilines is 1. The zero-order valence-electron chi connectivity index (χ0n) is 16.3. The van der Waals surface area contributed by atoms with Gasteiger partial charge in [0.2, 0.25) is 0 Å². The lowest BCUT2D eigenvalue weighted by Gasteiger charge is -2.05. The van der Waals surface area contributed by atoms with Crippen molar-refractivity contribution >= 4 is 29.4 Å². The molecule has 0 aromatic heterocycles. The second kappa shape index (κ2) is 11.3. The van der Waals surface area contributed by atoms with Gasteiger partial charge in [-0.15, -0.1) is 0 Å². The fourth-order valence-electron chi connectivity index (χ4n) is 2.76. The van der Waals surface area contributed by atoms with Gasteiger partial charge in [0, 0.05) is 6.07 Å². The van der Waals surface area contributed by atoms with E-state index >= 15 is 0 Å². The largest absolute Gasteiger partial charge is 0.301 e. The number of nitrogens with one attached hydrogen (secondary N) is 1. The van der Waals surface area contributed by atoms with Crippen molar-refractivity contribution in [2.45, 2.75) is 39.0 Å². The highest BCUT2D eigenvalue weighted by molar-refractivity contribution is 5.86. The smallest absolute Gasteiger partial charge is 0.272 e. The molecule has 2 aromatic carbocycles. The van der Waals surface area contributed by atoms with Gasteiger partial charge in [-0.25, -0.2) is 0 Å². The third kappa shape index (κ3) is 7.17. The van der Waals surface area contributed by atoms with Crippen molar-refractivity contribution in [1.29, 1.82) is 0 Å². The highest BCUT2D eigenvalue weighted by Gasteiger charge is 2.19. The van der Waals surface area contributed by atoms with E-state index in [0.717, 1.165) is 42.9 Å².